The standard InChI is InChI=1S/C10H17NO4/c1-7(9(12)13)5-4-6-8(2)15-10(14)11-3/h8H,1,4-6H2,2-3H3,(H,11,14)(H,12,13). The second-order valence-electron chi connectivity index (χ2n) is 3.27. The molecular weight excluding hydrogens is 198 g/mol. The third kappa shape index (κ3) is 6.54. The molecule has 0 aliphatic heterocycles. The lowest BCUT2D eigenvalue weighted by Gasteiger charge is -2.12. The predicted molar refractivity (Wildman–Crippen MR) is 55.6 cm³/mol. The van der Waals surface area contributed by atoms with E-state index < -0.39 is 12.1 Å². The van der Waals surface area contributed by atoms with Crippen molar-refractivity contribution in [3.8, 4) is 0 Å². The summed E-state index contributed by atoms with van der Waals surface area (Å²) in [4.78, 5) is 21.2. The summed E-state index contributed by atoms with van der Waals surface area (Å²) in [6.45, 7) is 5.17. The van der Waals surface area contributed by atoms with E-state index in [1.165, 1.54) is 7.05 Å². The van der Waals surface area contributed by atoms with Crippen LogP contribution in [0.1, 0.15) is 26.2 Å². The molecule has 15 heavy (non-hydrogen) atoms. The second-order valence-corrected chi connectivity index (χ2v) is 3.27. The van der Waals surface area contributed by atoms with Gasteiger partial charge in [-0.2, -0.15) is 0 Å². The number of carbonyl (C=O) groups is 2. The molecule has 0 saturated carbocycles. The van der Waals surface area contributed by atoms with Gasteiger partial charge in [-0.1, -0.05) is 6.58 Å². The molecule has 5 nitrogen and oxygen atoms in total. The van der Waals surface area contributed by atoms with Crippen LogP contribution in [-0.2, 0) is 9.53 Å². The van der Waals surface area contributed by atoms with Crippen molar-refractivity contribution in [2.24, 2.45) is 0 Å². The summed E-state index contributed by atoms with van der Waals surface area (Å²) in [7, 11) is 1.49. The minimum atomic E-state index is -0.977. The maximum absolute atomic E-state index is 10.8. The number of carboxylic acids is 1. The number of hydrogen-bond acceptors (Lipinski definition) is 3. The van der Waals surface area contributed by atoms with E-state index in [0.29, 0.717) is 19.3 Å². The average Bonchev–Trinajstić information content (AvgIpc) is 2.17. The number of rotatable bonds is 6. The van der Waals surface area contributed by atoms with Crippen LogP contribution in [0.15, 0.2) is 12.2 Å². The van der Waals surface area contributed by atoms with Crippen molar-refractivity contribution in [2.75, 3.05) is 7.05 Å². The zero-order valence-corrected chi connectivity index (χ0v) is 9.08. The molecule has 0 aromatic heterocycles. The highest BCUT2D eigenvalue weighted by Gasteiger charge is 2.09. The van der Waals surface area contributed by atoms with Crippen LogP contribution in [0.25, 0.3) is 0 Å². The molecule has 0 saturated heterocycles. The van der Waals surface area contributed by atoms with Gasteiger partial charge in [0.2, 0.25) is 0 Å². The van der Waals surface area contributed by atoms with Gasteiger partial charge in [0.25, 0.3) is 0 Å². The molecule has 2 N–H and O–H groups in total. The Kier molecular flexibility index (Phi) is 6.17. The maximum atomic E-state index is 10.8. The van der Waals surface area contributed by atoms with Gasteiger partial charge in [0.15, 0.2) is 0 Å². The van der Waals surface area contributed by atoms with Gasteiger partial charge < -0.3 is 15.2 Å². The Bertz CT molecular complexity index is 250. The van der Waals surface area contributed by atoms with Gasteiger partial charge in [-0.15, -0.1) is 0 Å². The van der Waals surface area contributed by atoms with Gasteiger partial charge in [0.05, 0.1) is 0 Å². The van der Waals surface area contributed by atoms with Crippen molar-refractivity contribution < 1.29 is 19.4 Å². The van der Waals surface area contributed by atoms with Crippen LogP contribution in [0.3, 0.4) is 0 Å². The van der Waals surface area contributed by atoms with Crippen molar-refractivity contribution in [3.05, 3.63) is 12.2 Å². The molecule has 0 rings (SSSR count). The molecule has 0 fully saturated rings. The van der Waals surface area contributed by atoms with E-state index >= 15 is 0 Å². The monoisotopic (exact) mass is 215 g/mol. The van der Waals surface area contributed by atoms with Crippen molar-refractivity contribution >= 4 is 12.1 Å². The topological polar surface area (TPSA) is 75.6 Å². The molecule has 5 heteroatoms. The molecule has 0 spiro atoms. The lowest BCUT2D eigenvalue weighted by molar-refractivity contribution is -0.132. The molecule has 1 unspecified atom stereocenters. The predicted octanol–water partition coefficient (Wildman–Crippen LogP) is 1.54. The second kappa shape index (κ2) is 6.86. The molecule has 0 bridgehead atoms. The smallest absolute Gasteiger partial charge is 0.407 e. The average molecular weight is 215 g/mol. The first-order chi connectivity index (χ1) is 6.97. The van der Waals surface area contributed by atoms with Crippen LogP contribution in [-0.4, -0.2) is 30.3 Å². The Balaban J connectivity index is 3.63. The zero-order chi connectivity index (χ0) is 11.8. The maximum Gasteiger partial charge on any atom is 0.407 e. The number of ether oxygens (including phenoxy) is 1. The van der Waals surface area contributed by atoms with E-state index in [2.05, 4.69) is 11.9 Å². The summed E-state index contributed by atoms with van der Waals surface area (Å²) < 4.78 is 4.91. The number of hydrogen-bond donors (Lipinski definition) is 2. The van der Waals surface area contributed by atoms with E-state index in [4.69, 9.17) is 9.84 Å². The minimum absolute atomic E-state index is 0.183. The van der Waals surface area contributed by atoms with Crippen molar-refractivity contribution in [3.63, 3.8) is 0 Å². The van der Waals surface area contributed by atoms with E-state index in [1.807, 2.05) is 0 Å². The highest BCUT2D eigenvalue weighted by molar-refractivity contribution is 5.85. The van der Waals surface area contributed by atoms with Crippen LogP contribution in [0, 0.1) is 0 Å². The van der Waals surface area contributed by atoms with Crippen LogP contribution in [0.4, 0.5) is 4.79 Å². The molecule has 0 radical (unpaired) electrons. The fraction of sp³-hybridized carbons (Fsp3) is 0.600. The SMILES string of the molecule is C=C(CCCC(C)OC(=O)NC)C(=O)O. The van der Waals surface area contributed by atoms with Gasteiger partial charge in [0, 0.05) is 12.6 Å². The quantitative estimate of drug-likeness (QED) is 0.659. The van der Waals surface area contributed by atoms with E-state index in [1.54, 1.807) is 6.92 Å². The highest BCUT2D eigenvalue weighted by Crippen LogP contribution is 2.09. The van der Waals surface area contributed by atoms with Crippen LogP contribution in [0.2, 0.25) is 0 Å². The number of aliphatic carboxylic acids is 1. The Hall–Kier alpha value is -1.52. The molecule has 0 aromatic carbocycles. The normalized spacial score (nSPS) is 11.6. The molecule has 1 atom stereocenters. The van der Waals surface area contributed by atoms with E-state index in [9.17, 15) is 9.59 Å². The van der Waals surface area contributed by atoms with Crippen LogP contribution < -0.4 is 5.32 Å². The molecule has 1 amide bonds. The number of carboxylic acid groups (broad SMARTS) is 1. The molecular formula is C10H17NO4. The van der Waals surface area contributed by atoms with Crippen molar-refractivity contribution in [1.82, 2.24) is 5.32 Å². The van der Waals surface area contributed by atoms with Gasteiger partial charge in [0.1, 0.15) is 6.10 Å². The Morgan fingerprint density at radius 1 is 1.53 bits per heavy atom. The fourth-order valence-corrected chi connectivity index (χ4v) is 1.01. The first-order valence-corrected chi connectivity index (χ1v) is 4.76. The van der Waals surface area contributed by atoms with Crippen LogP contribution >= 0.6 is 0 Å². The van der Waals surface area contributed by atoms with Crippen molar-refractivity contribution in [2.45, 2.75) is 32.3 Å². The van der Waals surface area contributed by atoms with Gasteiger partial charge in [-0.25, -0.2) is 9.59 Å². The first-order valence-electron chi connectivity index (χ1n) is 4.76. The number of alkyl carbamates (subject to hydrolysis) is 1. The zero-order valence-electron chi connectivity index (χ0n) is 9.08. The molecule has 0 aromatic rings. The Morgan fingerprint density at radius 2 is 2.13 bits per heavy atom. The van der Waals surface area contributed by atoms with Crippen LogP contribution in [0.5, 0.6) is 0 Å². The number of carbonyl (C=O) groups excluding carboxylic acids is 1. The summed E-state index contributed by atoms with van der Waals surface area (Å²) in [6, 6.07) is 0. The minimum Gasteiger partial charge on any atom is -0.478 e. The third-order valence-electron chi connectivity index (χ3n) is 1.90. The highest BCUT2D eigenvalue weighted by atomic mass is 16.6. The third-order valence-corrected chi connectivity index (χ3v) is 1.90. The Labute approximate surface area is 89.1 Å². The lowest BCUT2D eigenvalue weighted by Crippen LogP contribution is -2.24. The molecule has 0 aliphatic carbocycles. The van der Waals surface area contributed by atoms with Gasteiger partial charge in [-0.3, -0.25) is 0 Å². The molecule has 0 heterocycles. The largest absolute Gasteiger partial charge is 0.478 e. The summed E-state index contributed by atoms with van der Waals surface area (Å²) >= 11 is 0. The van der Waals surface area contributed by atoms with E-state index in [-0.39, 0.29) is 11.7 Å². The van der Waals surface area contributed by atoms with Crippen molar-refractivity contribution in [1.29, 1.82) is 0 Å². The Morgan fingerprint density at radius 3 is 2.60 bits per heavy atom. The number of amides is 1. The lowest BCUT2D eigenvalue weighted by atomic mass is 10.1. The van der Waals surface area contributed by atoms with Gasteiger partial charge >= 0.3 is 12.1 Å². The summed E-state index contributed by atoms with van der Waals surface area (Å²) in [5.74, 6) is -0.977. The summed E-state index contributed by atoms with van der Waals surface area (Å²) in [5, 5.41) is 10.9. The summed E-state index contributed by atoms with van der Waals surface area (Å²) in [5.41, 5.74) is 0.183. The molecule has 0 aliphatic rings. The van der Waals surface area contributed by atoms with Gasteiger partial charge in [-0.05, 0) is 26.2 Å². The number of nitrogens with one attached hydrogen (secondary N) is 1. The molecule has 86 valence electrons. The first kappa shape index (κ1) is 13.5. The summed E-state index contributed by atoms with van der Waals surface area (Å²) in [6.07, 6.45) is 0.992. The van der Waals surface area contributed by atoms with E-state index in [0.717, 1.165) is 0 Å². The fourth-order valence-electron chi connectivity index (χ4n) is 1.01.